The van der Waals surface area contributed by atoms with Gasteiger partial charge in [0.05, 0.1) is 6.04 Å². The van der Waals surface area contributed by atoms with Gasteiger partial charge in [-0.05, 0) is 18.1 Å². The first kappa shape index (κ1) is 12.7. The van der Waals surface area contributed by atoms with E-state index in [1.165, 1.54) is 0 Å². The molecule has 0 fully saturated rings. The van der Waals surface area contributed by atoms with E-state index in [1.54, 1.807) is 0 Å². The van der Waals surface area contributed by atoms with E-state index in [0.717, 1.165) is 17.7 Å². The molecule has 6 nitrogen and oxygen atoms in total. The lowest BCUT2D eigenvalue weighted by molar-refractivity contribution is -0.121. The van der Waals surface area contributed by atoms with Crippen LogP contribution in [-0.2, 0) is 16.0 Å². The Morgan fingerprint density at radius 1 is 1.35 bits per heavy atom. The minimum absolute atomic E-state index is 0.0715. The normalized spacial score (nSPS) is 21.1. The SMILES string of the molecule is O=C1CCC(C(=O)N[C@@H]2COc3ccccc3C2)=NN1. The molecule has 0 saturated heterocycles. The largest absolute Gasteiger partial charge is 0.491 e. The van der Waals surface area contributed by atoms with Crippen molar-refractivity contribution in [2.75, 3.05) is 6.61 Å². The lowest BCUT2D eigenvalue weighted by Crippen LogP contribution is -2.46. The van der Waals surface area contributed by atoms with Gasteiger partial charge in [-0.15, -0.1) is 0 Å². The summed E-state index contributed by atoms with van der Waals surface area (Å²) in [5.41, 5.74) is 3.77. The van der Waals surface area contributed by atoms with Gasteiger partial charge >= 0.3 is 0 Å². The summed E-state index contributed by atoms with van der Waals surface area (Å²) in [5.74, 6) is 0.481. The molecule has 2 heterocycles. The molecule has 0 aromatic heterocycles. The summed E-state index contributed by atoms with van der Waals surface area (Å²) in [6.07, 6.45) is 1.42. The van der Waals surface area contributed by atoms with Crippen LogP contribution in [0.15, 0.2) is 29.4 Å². The number of hydrogen-bond donors (Lipinski definition) is 2. The van der Waals surface area contributed by atoms with Crippen LogP contribution in [0.2, 0.25) is 0 Å². The Bertz CT molecular complexity index is 583. The topological polar surface area (TPSA) is 79.8 Å². The number of rotatable bonds is 2. The van der Waals surface area contributed by atoms with Crippen LogP contribution in [0.1, 0.15) is 18.4 Å². The molecule has 2 aliphatic heterocycles. The summed E-state index contributed by atoms with van der Waals surface area (Å²) in [6.45, 7) is 0.447. The molecule has 0 saturated carbocycles. The highest BCUT2D eigenvalue weighted by atomic mass is 16.5. The van der Waals surface area contributed by atoms with E-state index < -0.39 is 0 Å². The highest BCUT2D eigenvalue weighted by molar-refractivity contribution is 6.39. The summed E-state index contributed by atoms with van der Waals surface area (Å²) in [7, 11) is 0. The molecule has 2 aliphatic rings. The van der Waals surface area contributed by atoms with Gasteiger partial charge in [-0.25, -0.2) is 5.43 Å². The van der Waals surface area contributed by atoms with Crippen molar-refractivity contribution in [1.29, 1.82) is 0 Å². The van der Waals surface area contributed by atoms with E-state index in [0.29, 0.717) is 25.2 Å². The number of hydrogen-bond acceptors (Lipinski definition) is 4. The highest BCUT2D eigenvalue weighted by Gasteiger charge is 2.24. The molecule has 3 rings (SSSR count). The molecule has 0 aliphatic carbocycles. The third kappa shape index (κ3) is 2.64. The molecule has 2 amide bonds. The van der Waals surface area contributed by atoms with Crippen LogP contribution in [0.3, 0.4) is 0 Å². The zero-order valence-corrected chi connectivity index (χ0v) is 10.9. The van der Waals surface area contributed by atoms with Gasteiger partial charge in [-0.1, -0.05) is 18.2 Å². The van der Waals surface area contributed by atoms with Crippen molar-refractivity contribution < 1.29 is 14.3 Å². The lowest BCUT2D eigenvalue weighted by Gasteiger charge is -2.26. The average molecular weight is 273 g/mol. The number of amides is 2. The zero-order chi connectivity index (χ0) is 13.9. The summed E-state index contributed by atoms with van der Waals surface area (Å²) < 4.78 is 5.62. The second-order valence-electron chi connectivity index (χ2n) is 4.89. The van der Waals surface area contributed by atoms with Gasteiger partial charge in [-0.2, -0.15) is 5.10 Å². The van der Waals surface area contributed by atoms with Crippen LogP contribution in [0.25, 0.3) is 0 Å². The van der Waals surface area contributed by atoms with Crippen LogP contribution in [-0.4, -0.2) is 30.2 Å². The lowest BCUT2D eigenvalue weighted by atomic mass is 10.0. The van der Waals surface area contributed by atoms with E-state index in [9.17, 15) is 9.59 Å². The highest BCUT2D eigenvalue weighted by Crippen LogP contribution is 2.23. The number of nitrogens with one attached hydrogen (secondary N) is 2. The summed E-state index contributed by atoms with van der Waals surface area (Å²) in [4.78, 5) is 23.0. The molecule has 0 spiro atoms. The van der Waals surface area contributed by atoms with E-state index in [4.69, 9.17) is 4.74 Å². The van der Waals surface area contributed by atoms with Gasteiger partial charge in [0.1, 0.15) is 18.1 Å². The van der Waals surface area contributed by atoms with Crippen molar-refractivity contribution in [1.82, 2.24) is 10.7 Å². The van der Waals surface area contributed by atoms with Gasteiger partial charge in [0, 0.05) is 12.8 Å². The predicted molar refractivity (Wildman–Crippen MR) is 72.4 cm³/mol. The molecular formula is C14H15N3O3. The van der Waals surface area contributed by atoms with Gasteiger partial charge in [0.25, 0.3) is 5.91 Å². The number of ether oxygens (including phenoxy) is 1. The molecule has 1 aromatic rings. The Labute approximate surface area is 116 Å². The van der Waals surface area contributed by atoms with Crippen LogP contribution in [0.4, 0.5) is 0 Å². The molecule has 104 valence electrons. The molecule has 20 heavy (non-hydrogen) atoms. The first-order valence-corrected chi connectivity index (χ1v) is 6.59. The number of hydrazone groups is 1. The van der Waals surface area contributed by atoms with Crippen molar-refractivity contribution in [2.24, 2.45) is 5.10 Å². The molecule has 1 aromatic carbocycles. The number of carbonyl (C=O) groups is 2. The zero-order valence-electron chi connectivity index (χ0n) is 10.9. The maximum atomic E-state index is 12.0. The maximum absolute atomic E-state index is 12.0. The van der Waals surface area contributed by atoms with Crippen molar-refractivity contribution in [3.63, 3.8) is 0 Å². The smallest absolute Gasteiger partial charge is 0.267 e. The van der Waals surface area contributed by atoms with Crippen LogP contribution in [0.5, 0.6) is 5.75 Å². The molecule has 0 radical (unpaired) electrons. The van der Waals surface area contributed by atoms with Crippen LogP contribution >= 0.6 is 0 Å². The van der Waals surface area contributed by atoms with E-state index in [1.807, 2.05) is 24.3 Å². The minimum Gasteiger partial charge on any atom is -0.491 e. The van der Waals surface area contributed by atoms with Crippen molar-refractivity contribution in [3.8, 4) is 5.75 Å². The van der Waals surface area contributed by atoms with E-state index >= 15 is 0 Å². The standard InChI is InChI=1S/C14H15N3O3/c18-13-6-5-11(16-17-13)14(19)15-10-7-9-3-1-2-4-12(9)20-8-10/h1-4,10H,5-8H2,(H,15,19)(H,17,18)/t10-/m0/s1. The molecular weight excluding hydrogens is 258 g/mol. The first-order chi connectivity index (χ1) is 9.72. The Balaban J connectivity index is 1.62. The fourth-order valence-electron chi connectivity index (χ4n) is 2.33. The molecule has 6 heteroatoms. The second kappa shape index (κ2) is 5.32. The molecule has 0 unspecified atom stereocenters. The Morgan fingerprint density at radius 2 is 2.20 bits per heavy atom. The Hall–Kier alpha value is -2.37. The quantitative estimate of drug-likeness (QED) is 0.817. The fraction of sp³-hybridized carbons (Fsp3) is 0.357. The maximum Gasteiger partial charge on any atom is 0.267 e. The van der Waals surface area contributed by atoms with Gasteiger partial charge < -0.3 is 10.1 Å². The number of para-hydroxylation sites is 1. The minimum atomic E-state index is -0.238. The number of benzene rings is 1. The third-order valence-electron chi connectivity index (χ3n) is 3.38. The molecule has 2 N–H and O–H groups in total. The summed E-state index contributed by atoms with van der Waals surface area (Å²) >= 11 is 0. The van der Waals surface area contributed by atoms with Crippen molar-refractivity contribution in [2.45, 2.75) is 25.3 Å². The third-order valence-corrected chi connectivity index (χ3v) is 3.38. The Kier molecular flexibility index (Phi) is 3.37. The van der Waals surface area contributed by atoms with Crippen LogP contribution < -0.4 is 15.5 Å². The van der Waals surface area contributed by atoms with Gasteiger partial charge in [-0.3, -0.25) is 9.59 Å². The molecule has 1 atom stereocenters. The monoisotopic (exact) mass is 273 g/mol. The average Bonchev–Trinajstić information content (AvgIpc) is 2.48. The predicted octanol–water partition coefficient (Wildman–Crippen LogP) is 0.372. The van der Waals surface area contributed by atoms with Crippen molar-refractivity contribution >= 4 is 17.5 Å². The summed E-state index contributed by atoms with van der Waals surface area (Å²) in [6, 6.07) is 7.72. The number of carbonyl (C=O) groups excluding carboxylic acids is 2. The summed E-state index contributed by atoms with van der Waals surface area (Å²) in [5, 5.41) is 6.68. The number of nitrogens with zero attached hydrogens (tertiary/aromatic N) is 1. The van der Waals surface area contributed by atoms with Gasteiger partial charge in [0.15, 0.2) is 0 Å². The van der Waals surface area contributed by atoms with Crippen LogP contribution in [0, 0.1) is 0 Å². The fourth-order valence-corrected chi connectivity index (χ4v) is 2.33. The first-order valence-electron chi connectivity index (χ1n) is 6.59. The van der Waals surface area contributed by atoms with Crippen molar-refractivity contribution in [3.05, 3.63) is 29.8 Å². The number of fused-ring (bicyclic) bond motifs is 1. The van der Waals surface area contributed by atoms with E-state index in [2.05, 4.69) is 15.8 Å². The van der Waals surface area contributed by atoms with Gasteiger partial charge in [0.2, 0.25) is 5.91 Å². The van der Waals surface area contributed by atoms with E-state index in [-0.39, 0.29) is 17.9 Å². The second-order valence-corrected chi connectivity index (χ2v) is 4.89. The Morgan fingerprint density at radius 3 is 3.00 bits per heavy atom. The molecule has 0 bridgehead atoms.